The van der Waals surface area contributed by atoms with Crippen molar-refractivity contribution in [2.45, 2.75) is 24.4 Å². The summed E-state index contributed by atoms with van der Waals surface area (Å²) in [5.41, 5.74) is 1.12. The van der Waals surface area contributed by atoms with Gasteiger partial charge >= 0.3 is 35.8 Å². The Kier molecular flexibility index (Phi) is 13.2. The lowest BCUT2D eigenvalue weighted by Crippen LogP contribution is -2.36. The van der Waals surface area contributed by atoms with E-state index in [0.29, 0.717) is 11.1 Å². The van der Waals surface area contributed by atoms with Gasteiger partial charge in [0.25, 0.3) is 0 Å². The maximum absolute atomic E-state index is 13.0. The summed E-state index contributed by atoms with van der Waals surface area (Å²) in [6.07, 6.45) is -0.955. The van der Waals surface area contributed by atoms with Crippen LogP contribution in [0.25, 0.3) is 12.2 Å². The molecule has 0 aliphatic carbocycles. The molecule has 16 heteroatoms. The SMILES string of the molecule is COC(=O)c1ccc(C(=O)Oc2ccc(/C=C(\C#N)C(=O)O[C@H]3CO[C@H]4[C@@H]3OC[C@H]4OC(=O)/C(C#N)=C/c3ccc(OC(=O)c4ccc(C(=O)OC)cc4)cc3)cc2)cc1. The number of esters is 6. The van der Waals surface area contributed by atoms with E-state index in [1.807, 2.05) is 12.1 Å². The number of carbonyl (C=O) groups excluding carboxylic acids is 6. The van der Waals surface area contributed by atoms with Crippen LogP contribution in [-0.4, -0.2) is 87.7 Å². The molecular formula is C44H32N2O14. The fourth-order valence-electron chi connectivity index (χ4n) is 5.96. The van der Waals surface area contributed by atoms with Gasteiger partial charge in [-0.2, -0.15) is 10.5 Å². The zero-order chi connectivity index (χ0) is 42.8. The Balaban J connectivity index is 0.994. The highest BCUT2D eigenvalue weighted by molar-refractivity contribution is 5.99. The van der Waals surface area contributed by atoms with Crippen molar-refractivity contribution in [2.24, 2.45) is 0 Å². The normalized spacial score (nSPS) is 18.1. The fourth-order valence-corrected chi connectivity index (χ4v) is 5.96. The number of carbonyl (C=O) groups is 6. The summed E-state index contributed by atoms with van der Waals surface area (Å²) in [6.45, 7) is -0.230. The van der Waals surface area contributed by atoms with Gasteiger partial charge in [0.1, 0.15) is 47.0 Å². The summed E-state index contributed by atoms with van der Waals surface area (Å²) in [5, 5.41) is 19.5. The molecule has 6 rings (SSSR count). The second kappa shape index (κ2) is 19.0. The third-order valence-electron chi connectivity index (χ3n) is 9.05. The predicted octanol–water partition coefficient (Wildman–Crippen LogP) is 4.83. The van der Waals surface area contributed by atoms with Crippen LogP contribution in [0.5, 0.6) is 11.5 Å². The van der Waals surface area contributed by atoms with Gasteiger partial charge in [-0.25, -0.2) is 28.8 Å². The van der Waals surface area contributed by atoms with Gasteiger partial charge < -0.3 is 37.9 Å². The number of methoxy groups -OCH3 is 2. The van der Waals surface area contributed by atoms with Crippen molar-refractivity contribution in [2.75, 3.05) is 27.4 Å². The molecule has 60 heavy (non-hydrogen) atoms. The quantitative estimate of drug-likeness (QED) is 0.0614. The van der Waals surface area contributed by atoms with Gasteiger partial charge in [0.05, 0.1) is 49.7 Å². The second-order valence-corrected chi connectivity index (χ2v) is 12.9. The molecule has 0 radical (unpaired) electrons. The number of rotatable bonds is 12. The highest BCUT2D eigenvalue weighted by atomic mass is 16.7. The van der Waals surface area contributed by atoms with Crippen LogP contribution in [0, 0.1) is 22.7 Å². The van der Waals surface area contributed by atoms with Crippen LogP contribution < -0.4 is 9.47 Å². The molecule has 0 N–H and O–H groups in total. The van der Waals surface area contributed by atoms with Crippen molar-refractivity contribution in [1.82, 2.24) is 0 Å². The first kappa shape index (κ1) is 41.7. The molecule has 0 saturated carbocycles. The molecule has 0 bridgehead atoms. The predicted molar refractivity (Wildman–Crippen MR) is 205 cm³/mol. The van der Waals surface area contributed by atoms with Crippen molar-refractivity contribution in [3.05, 3.63) is 142 Å². The number of hydrogen-bond acceptors (Lipinski definition) is 16. The first-order valence-electron chi connectivity index (χ1n) is 17.9. The average Bonchev–Trinajstić information content (AvgIpc) is 3.87. The highest BCUT2D eigenvalue weighted by Crippen LogP contribution is 2.32. The Morgan fingerprint density at radius 3 is 1.13 bits per heavy atom. The number of ether oxygens (including phenoxy) is 8. The van der Waals surface area contributed by atoms with Crippen LogP contribution in [0.15, 0.2) is 108 Å². The summed E-state index contributed by atoms with van der Waals surface area (Å²) < 4.78 is 42.7. The second-order valence-electron chi connectivity index (χ2n) is 12.9. The molecule has 4 aromatic rings. The van der Waals surface area contributed by atoms with E-state index in [4.69, 9.17) is 28.4 Å². The first-order valence-corrected chi connectivity index (χ1v) is 17.9. The van der Waals surface area contributed by atoms with Gasteiger partial charge in [-0.3, -0.25) is 0 Å². The molecule has 2 saturated heterocycles. The number of nitrogens with zero attached hydrogens (tertiary/aromatic N) is 2. The minimum atomic E-state index is -0.952. The van der Waals surface area contributed by atoms with E-state index in [9.17, 15) is 39.3 Å². The van der Waals surface area contributed by atoms with E-state index in [0.717, 1.165) is 0 Å². The smallest absolute Gasteiger partial charge is 0.349 e. The van der Waals surface area contributed by atoms with Gasteiger partial charge in [0, 0.05) is 0 Å². The molecule has 302 valence electrons. The third kappa shape index (κ3) is 9.96. The standard InChI is InChI=1S/C44H32N2O14/c1-53-39(47)27-7-11-29(12-8-27)41(49)57-33-15-3-25(4-16-33)19-31(21-45)43(51)59-35-23-55-38-36(24-56-37(35)38)60-44(52)32(22-46)20-26-5-17-34(18-6-26)58-42(50)30-13-9-28(10-14-30)40(48)54-2/h3-20,35-38H,23-24H2,1-2H3/b31-19+,32-20+/t35-,36+,37-,38-/m1/s1. The zero-order valence-electron chi connectivity index (χ0n) is 31.7. The van der Waals surface area contributed by atoms with Crippen LogP contribution >= 0.6 is 0 Å². The highest BCUT2D eigenvalue weighted by Gasteiger charge is 2.51. The monoisotopic (exact) mass is 812 g/mol. The van der Waals surface area contributed by atoms with Crippen molar-refractivity contribution in [3.8, 4) is 23.6 Å². The lowest BCUT2D eigenvalue weighted by molar-refractivity contribution is -0.150. The number of nitriles is 2. The van der Waals surface area contributed by atoms with Gasteiger partial charge in [-0.1, -0.05) is 24.3 Å². The van der Waals surface area contributed by atoms with Crippen LogP contribution in [0.2, 0.25) is 0 Å². The van der Waals surface area contributed by atoms with Crippen LogP contribution in [0.3, 0.4) is 0 Å². The summed E-state index contributed by atoms with van der Waals surface area (Å²) in [5.74, 6) is -3.96. The lowest BCUT2D eigenvalue weighted by atomic mass is 10.1. The van der Waals surface area contributed by atoms with Crippen molar-refractivity contribution < 1.29 is 66.7 Å². The van der Waals surface area contributed by atoms with E-state index in [1.165, 1.54) is 123 Å². The Labute approximate surface area is 341 Å². The molecule has 0 aromatic heterocycles. The summed E-state index contributed by atoms with van der Waals surface area (Å²) in [6, 6.07) is 27.0. The molecule has 4 atom stereocenters. The molecule has 2 fully saturated rings. The maximum atomic E-state index is 13.0. The molecule has 2 aliphatic rings. The average molecular weight is 813 g/mol. The molecule has 16 nitrogen and oxygen atoms in total. The molecule has 0 amide bonds. The van der Waals surface area contributed by atoms with Gasteiger partial charge in [-0.15, -0.1) is 0 Å². The molecule has 0 spiro atoms. The van der Waals surface area contributed by atoms with E-state index in [2.05, 4.69) is 9.47 Å². The minimum Gasteiger partial charge on any atom is -0.465 e. The summed E-state index contributed by atoms with van der Waals surface area (Å²) in [4.78, 5) is 74.4. The van der Waals surface area contributed by atoms with Crippen LogP contribution in [-0.2, 0) is 38.0 Å². The summed E-state index contributed by atoms with van der Waals surface area (Å²) in [7, 11) is 2.50. The van der Waals surface area contributed by atoms with E-state index < -0.39 is 60.2 Å². The molecule has 0 unspecified atom stereocenters. The van der Waals surface area contributed by atoms with E-state index >= 15 is 0 Å². The third-order valence-corrected chi connectivity index (χ3v) is 9.05. The largest absolute Gasteiger partial charge is 0.465 e. The van der Waals surface area contributed by atoms with Crippen molar-refractivity contribution in [3.63, 3.8) is 0 Å². The maximum Gasteiger partial charge on any atom is 0.349 e. The van der Waals surface area contributed by atoms with Crippen LogP contribution in [0.4, 0.5) is 0 Å². The Morgan fingerprint density at radius 2 is 0.833 bits per heavy atom. The summed E-state index contributed by atoms with van der Waals surface area (Å²) >= 11 is 0. The Hall–Kier alpha value is -7.92. The molecule has 2 heterocycles. The number of fused-ring (bicyclic) bond motifs is 1. The molecule has 2 aliphatic heterocycles. The van der Waals surface area contributed by atoms with Gasteiger partial charge in [0.15, 0.2) is 12.2 Å². The van der Waals surface area contributed by atoms with Crippen molar-refractivity contribution >= 4 is 48.0 Å². The van der Waals surface area contributed by atoms with E-state index in [1.54, 1.807) is 0 Å². The molecule has 4 aromatic carbocycles. The zero-order valence-corrected chi connectivity index (χ0v) is 31.7. The van der Waals surface area contributed by atoms with E-state index in [-0.39, 0.29) is 58.1 Å². The topological polar surface area (TPSA) is 224 Å². The number of benzene rings is 4. The van der Waals surface area contributed by atoms with Gasteiger partial charge in [-0.05, 0) is 96.1 Å². The Morgan fingerprint density at radius 1 is 0.517 bits per heavy atom. The minimum absolute atomic E-state index is 0.115. The number of hydrogen-bond donors (Lipinski definition) is 0. The van der Waals surface area contributed by atoms with Gasteiger partial charge in [0.2, 0.25) is 0 Å². The van der Waals surface area contributed by atoms with Crippen molar-refractivity contribution in [1.29, 1.82) is 10.5 Å². The first-order chi connectivity index (χ1) is 29.0. The fraction of sp³-hybridized carbons (Fsp3) is 0.182. The Bertz CT molecular complexity index is 2270. The molecular weight excluding hydrogens is 780 g/mol. The lowest BCUT2D eigenvalue weighted by Gasteiger charge is -2.17. The van der Waals surface area contributed by atoms with Crippen LogP contribution in [0.1, 0.15) is 52.6 Å².